The summed E-state index contributed by atoms with van der Waals surface area (Å²) in [6, 6.07) is 7.54. The summed E-state index contributed by atoms with van der Waals surface area (Å²) in [5.74, 6) is 0.933. The lowest BCUT2D eigenvalue weighted by Crippen LogP contribution is -2.17. The van der Waals surface area contributed by atoms with E-state index in [0.29, 0.717) is 5.56 Å². The number of halogens is 1. The smallest absolute Gasteiger partial charge is 0.150 e. The summed E-state index contributed by atoms with van der Waals surface area (Å²) >= 11 is 3.49. The van der Waals surface area contributed by atoms with Crippen LogP contribution < -0.4 is 4.90 Å². The molecule has 94 valence electrons. The third kappa shape index (κ3) is 2.64. The monoisotopic (exact) mass is 307 g/mol. The average Bonchev–Trinajstić information content (AvgIpc) is 2.74. The summed E-state index contributed by atoms with van der Waals surface area (Å²) in [5.41, 5.74) is 2.86. The molecule has 0 radical (unpaired) electrons. The van der Waals surface area contributed by atoms with Gasteiger partial charge in [0.25, 0.3) is 0 Å². The highest BCUT2D eigenvalue weighted by Crippen LogP contribution is 2.27. The number of hydrogen-bond donors (Lipinski definition) is 0. The van der Waals surface area contributed by atoms with Crippen molar-refractivity contribution in [2.75, 3.05) is 11.9 Å². The molecule has 0 N–H and O–H groups in total. The van der Waals surface area contributed by atoms with Gasteiger partial charge >= 0.3 is 0 Å². The molecule has 0 bridgehead atoms. The van der Waals surface area contributed by atoms with Crippen molar-refractivity contribution >= 4 is 27.9 Å². The summed E-state index contributed by atoms with van der Waals surface area (Å²) < 4.78 is 6.20. The molecule has 3 nitrogen and oxygen atoms in total. The van der Waals surface area contributed by atoms with Crippen molar-refractivity contribution in [3.05, 3.63) is 51.9 Å². The lowest BCUT2D eigenvalue weighted by Gasteiger charge is -2.20. The van der Waals surface area contributed by atoms with Gasteiger partial charge in [0.15, 0.2) is 0 Å². The van der Waals surface area contributed by atoms with E-state index in [-0.39, 0.29) is 0 Å². The Hall–Kier alpha value is -1.55. The molecule has 0 aliphatic heterocycles. The summed E-state index contributed by atoms with van der Waals surface area (Å²) in [6.07, 6.45) is 2.54. The topological polar surface area (TPSA) is 33.5 Å². The van der Waals surface area contributed by atoms with Gasteiger partial charge in [0.05, 0.1) is 12.0 Å². The zero-order chi connectivity index (χ0) is 13.1. The second kappa shape index (κ2) is 5.40. The highest BCUT2D eigenvalue weighted by atomic mass is 79.9. The van der Waals surface area contributed by atoms with E-state index >= 15 is 0 Å². The van der Waals surface area contributed by atoms with Crippen molar-refractivity contribution in [3.63, 3.8) is 0 Å². The number of aryl methyl sites for hydroxylation is 1. The molecule has 0 saturated heterocycles. The highest BCUT2D eigenvalue weighted by molar-refractivity contribution is 9.10. The van der Waals surface area contributed by atoms with E-state index in [1.165, 1.54) is 0 Å². The van der Waals surface area contributed by atoms with Crippen LogP contribution in [0, 0.1) is 6.92 Å². The average molecular weight is 308 g/mol. The Morgan fingerprint density at radius 2 is 2.17 bits per heavy atom. The predicted octanol–water partition coefficient (Wildman–Crippen LogP) is 3.80. The van der Waals surface area contributed by atoms with Gasteiger partial charge in [0.1, 0.15) is 12.0 Å². The molecule has 1 aromatic carbocycles. The number of hydrogen-bond acceptors (Lipinski definition) is 3. The minimum absolute atomic E-state index is 0.665. The van der Waals surface area contributed by atoms with Gasteiger partial charge in [-0.3, -0.25) is 4.79 Å². The number of benzene rings is 1. The van der Waals surface area contributed by atoms with Crippen LogP contribution in [-0.2, 0) is 6.54 Å². The quantitative estimate of drug-likeness (QED) is 0.806. The van der Waals surface area contributed by atoms with Gasteiger partial charge < -0.3 is 9.32 Å². The summed E-state index contributed by atoms with van der Waals surface area (Å²) in [4.78, 5) is 12.8. The first-order chi connectivity index (χ1) is 8.61. The highest BCUT2D eigenvalue weighted by Gasteiger charge is 2.09. The molecule has 2 rings (SSSR count). The molecule has 2 aromatic rings. The van der Waals surface area contributed by atoms with Crippen molar-refractivity contribution in [2.24, 2.45) is 0 Å². The molecule has 1 heterocycles. The van der Waals surface area contributed by atoms with E-state index in [9.17, 15) is 4.79 Å². The van der Waals surface area contributed by atoms with Crippen molar-refractivity contribution in [3.8, 4) is 0 Å². The van der Waals surface area contributed by atoms with Crippen LogP contribution in [0.3, 0.4) is 0 Å². The van der Waals surface area contributed by atoms with Crippen LogP contribution in [0.25, 0.3) is 0 Å². The molecule has 4 heteroatoms. The van der Waals surface area contributed by atoms with Crippen LogP contribution in [-0.4, -0.2) is 13.3 Å². The lowest BCUT2D eigenvalue weighted by molar-refractivity contribution is 0.112. The first-order valence-corrected chi connectivity index (χ1v) is 6.40. The van der Waals surface area contributed by atoms with Gasteiger partial charge in [-0.15, -0.1) is 0 Å². The molecule has 1 aromatic heterocycles. The van der Waals surface area contributed by atoms with Crippen LogP contribution in [0.2, 0.25) is 0 Å². The van der Waals surface area contributed by atoms with Crippen molar-refractivity contribution in [1.29, 1.82) is 0 Å². The number of rotatable bonds is 4. The molecule has 0 atom stereocenters. The predicted molar refractivity (Wildman–Crippen MR) is 75.1 cm³/mol. The fraction of sp³-hybridized carbons (Fsp3) is 0.214. The molecule has 0 unspecified atom stereocenters. The third-order valence-electron chi connectivity index (χ3n) is 2.89. The second-order valence-corrected chi connectivity index (χ2v) is 5.04. The van der Waals surface area contributed by atoms with E-state index in [1.807, 2.05) is 38.2 Å². The Kier molecular flexibility index (Phi) is 3.87. The minimum Gasteiger partial charge on any atom is -0.469 e. The number of furan rings is 1. The number of nitrogens with zero attached hydrogens (tertiary/aromatic N) is 1. The number of carbonyl (C=O) groups is 1. The molecular weight excluding hydrogens is 294 g/mol. The van der Waals surface area contributed by atoms with Gasteiger partial charge in [-0.05, 0) is 47.1 Å². The zero-order valence-electron chi connectivity index (χ0n) is 10.3. The van der Waals surface area contributed by atoms with Crippen LogP contribution >= 0.6 is 15.9 Å². The molecule has 0 amide bonds. The SMILES string of the molecule is Cc1occc1CN(C)c1ccc(C=O)cc1Br. The van der Waals surface area contributed by atoms with E-state index in [2.05, 4.69) is 20.8 Å². The van der Waals surface area contributed by atoms with E-state index in [4.69, 9.17) is 4.42 Å². The lowest BCUT2D eigenvalue weighted by atomic mass is 10.2. The molecule has 18 heavy (non-hydrogen) atoms. The van der Waals surface area contributed by atoms with Crippen LogP contribution in [0.4, 0.5) is 5.69 Å². The third-order valence-corrected chi connectivity index (χ3v) is 3.53. The zero-order valence-corrected chi connectivity index (χ0v) is 11.9. The first-order valence-electron chi connectivity index (χ1n) is 5.60. The normalized spacial score (nSPS) is 10.4. The van der Waals surface area contributed by atoms with E-state index < -0.39 is 0 Å². The van der Waals surface area contributed by atoms with E-state index in [1.54, 1.807) is 6.26 Å². The minimum atomic E-state index is 0.665. The first kappa shape index (κ1) is 12.9. The molecule has 0 fully saturated rings. The van der Waals surface area contributed by atoms with Gasteiger partial charge in [-0.25, -0.2) is 0 Å². The fourth-order valence-electron chi connectivity index (χ4n) is 1.82. The van der Waals surface area contributed by atoms with E-state index in [0.717, 1.165) is 34.3 Å². The Labute approximate surface area is 115 Å². The molecule has 0 aliphatic rings. The number of anilines is 1. The number of carbonyl (C=O) groups excluding carboxylic acids is 1. The molecular formula is C14H14BrNO2. The Morgan fingerprint density at radius 1 is 1.39 bits per heavy atom. The standard InChI is InChI=1S/C14H14BrNO2/c1-10-12(5-6-18-10)8-16(2)14-4-3-11(9-17)7-13(14)15/h3-7,9H,8H2,1-2H3. The Balaban J connectivity index is 2.21. The second-order valence-electron chi connectivity index (χ2n) is 4.19. The summed E-state index contributed by atoms with van der Waals surface area (Å²) in [5, 5.41) is 0. The molecule has 0 aliphatic carbocycles. The van der Waals surface area contributed by atoms with Crippen LogP contribution in [0.15, 0.2) is 39.4 Å². The maximum absolute atomic E-state index is 10.7. The largest absolute Gasteiger partial charge is 0.469 e. The van der Waals surface area contributed by atoms with Crippen LogP contribution in [0.5, 0.6) is 0 Å². The van der Waals surface area contributed by atoms with Crippen molar-refractivity contribution < 1.29 is 9.21 Å². The fourth-order valence-corrected chi connectivity index (χ4v) is 2.52. The van der Waals surface area contributed by atoms with Crippen molar-refractivity contribution in [1.82, 2.24) is 0 Å². The summed E-state index contributed by atoms with van der Waals surface area (Å²) in [7, 11) is 2.01. The maximum Gasteiger partial charge on any atom is 0.150 e. The van der Waals surface area contributed by atoms with Crippen LogP contribution in [0.1, 0.15) is 21.7 Å². The maximum atomic E-state index is 10.7. The Morgan fingerprint density at radius 3 is 2.72 bits per heavy atom. The molecule has 0 saturated carbocycles. The van der Waals surface area contributed by atoms with Gasteiger partial charge in [-0.2, -0.15) is 0 Å². The van der Waals surface area contributed by atoms with Gasteiger partial charge in [0.2, 0.25) is 0 Å². The van der Waals surface area contributed by atoms with Crippen molar-refractivity contribution in [2.45, 2.75) is 13.5 Å². The Bertz CT molecular complexity index is 563. The van der Waals surface area contributed by atoms with Gasteiger partial charge in [-0.1, -0.05) is 0 Å². The number of aldehydes is 1. The van der Waals surface area contributed by atoms with Gasteiger partial charge in [0, 0.05) is 29.2 Å². The molecule has 0 spiro atoms. The summed E-state index contributed by atoms with van der Waals surface area (Å²) in [6.45, 7) is 2.72.